The van der Waals surface area contributed by atoms with Crippen LogP contribution in [-0.4, -0.2) is 28.5 Å². The van der Waals surface area contributed by atoms with E-state index >= 15 is 0 Å². The van der Waals surface area contributed by atoms with E-state index in [-0.39, 0.29) is 28.3 Å². The number of aryl methyl sites for hydroxylation is 1. The molecule has 3 aromatic rings. The Bertz CT molecular complexity index is 1050. The van der Waals surface area contributed by atoms with Crippen LogP contribution >= 0.6 is 0 Å². The van der Waals surface area contributed by atoms with Gasteiger partial charge in [-0.05, 0) is 24.3 Å². The van der Waals surface area contributed by atoms with Gasteiger partial charge in [0.05, 0.1) is 5.56 Å². The predicted octanol–water partition coefficient (Wildman–Crippen LogP) is 4.56. The summed E-state index contributed by atoms with van der Waals surface area (Å²) in [6.07, 6.45) is -3.15. The first-order valence-electron chi connectivity index (χ1n) is 8.22. The fraction of sp³-hybridized carbons (Fsp3) is 0.158. The van der Waals surface area contributed by atoms with Crippen LogP contribution in [0.25, 0.3) is 11.3 Å². The first-order valence-corrected chi connectivity index (χ1v) is 8.22. The maximum absolute atomic E-state index is 14.1. The Kier molecular flexibility index (Phi) is 5.53. The average Bonchev–Trinajstić information content (AvgIpc) is 3.01. The van der Waals surface area contributed by atoms with Crippen LogP contribution in [0, 0.1) is 11.6 Å². The molecule has 152 valence electrons. The Morgan fingerprint density at radius 3 is 2.62 bits per heavy atom. The Morgan fingerprint density at radius 1 is 1.17 bits per heavy atom. The molecule has 10 heteroatoms. The van der Waals surface area contributed by atoms with Gasteiger partial charge in [-0.3, -0.25) is 9.48 Å². The van der Waals surface area contributed by atoms with Crippen LogP contribution in [0.15, 0.2) is 48.7 Å². The number of anilines is 1. The number of hydrogen-bond acceptors (Lipinski definition) is 3. The maximum Gasteiger partial charge on any atom is 0.422 e. The van der Waals surface area contributed by atoms with Crippen molar-refractivity contribution in [3.63, 3.8) is 0 Å². The number of amides is 1. The highest BCUT2D eigenvalue weighted by Crippen LogP contribution is 2.27. The van der Waals surface area contributed by atoms with Crippen molar-refractivity contribution < 1.29 is 31.5 Å². The zero-order chi connectivity index (χ0) is 21.2. The van der Waals surface area contributed by atoms with E-state index in [9.17, 15) is 26.7 Å². The van der Waals surface area contributed by atoms with Crippen molar-refractivity contribution in [1.29, 1.82) is 0 Å². The first kappa shape index (κ1) is 20.3. The molecule has 1 heterocycles. The van der Waals surface area contributed by atoms with Crippen molar-refractivity contribution in [1.82, 2.24) is 9.78 Å². The van der Waals surface area contributed by atoms with E-state index < -0.39 is 30.3 Å². The topological polar surface area (TPSA) is 56.2 Å². The average molecular weight is 411 g/mol. The second-order valence-corrected chi connectivity index (χ2v) is 6.08. The Hall–Kier alpha value is -3.43. The number of nitrogens with zero attached hydrogens (tertiary/aromatic N) is 2. The van der Waals surface area contributed by atoms with Crippen LogP contribution in [0.2, 0.25) is 0 Å². The molecule has 3 rings (SSSR count). The molecule has 1 aromatic heterocycles. The van der Waals surface area contributed by atoms with Crippen LogP contribution in [0.3, 0.4) is 0 Å². The summed E-state index contributed by atoms with van der Waals surface area (Å²) >= 11 is 0. The number of rotatable bonds is 5. The number of hydrogen-bond donors (Lipinski definition) is 1. The molecule has 29 heavy (non-hydrogen) atoms. The minimum atomic E-state index is -4.50. The molecule has 0 spiro atoms. The number of benzene rings is 2. The predicted molar refractivity (Wildman–Crippen MR) is 94.5 cm³/mol. The number of nitrogens with one attached hydrogen (secondary N) is 1. The zero-order valence-electron chi connectivity index (χ0n) is 14.9. The fourth-order valence-corrected chi connectivity index (χ4v) is 2.56. The molecule has 0 saturated carbocycles. The van der Waals surface area contributed by atoms with E-state index in [1.54, 1.807) is 0 Å². The molecule has 2 aromatic carbocycles. The number of ether oxygens (including phenoxy) is 1. The van der Waals surface area contributed by atoms with Gasteiger partial charge in [-0.1, -0.05) is 6.07 Å². The molecule has 0 fully saturated rings. The van der Waals surface area contributed by atoms with Crippen LogP contribution in [0.4, 0.5) is 27.6 Å². The summed E-state index contributed by atoms with van der Waals surface area (Å²) in [6, 6.07) is 8.26. The van der Waals surface area contributed by atoms with Gasteiger partial charge in [0, 0.05) is 36.6 Å². The van der Waals surface area contributed by atoms with E-state index in [1.807, 2.05) is 0 Å². The van der Waals surface area contributed by atoms with E-state index in [2.05, 4.69) is 15.2 Å². The number of aromatic nitrogens is 2. The summed E-state index contributed by atoms with van der Waals surface area (Å²) in [5.74, 6) is -2.43. The van der Waals surface area contributed by atoms with Crippen LogP contribution < -0.4 is 10.1 Å². The molecule has 0 radical (unpaired) electrons. The third-order valence-electron chi connectivity index (χ3n) is 3.75. The zero-order valence-corrected chi connectivity index (χ0v) is 14.9. The van der Waals surface area contributed by atoms with Crippen molar-refractivity contribution in [2.45, 2.75) is 6.18 Å². The van der Waals surface area contributed by atoms with Gasteiger partial charge in [0.2, 0.25) is 0 Å². The fourth-order valence-electron chi connectivity index (χ4n) is 2.56. The van der Waals surface area contributed by atoms with Gasteiger partial charge in [0.1, 0.15) is 23.1 Å². The summed E-state index contributed by atoms with van der Waals surface area (Å²) in [6.45, 7) is -1.47. The Balaban J connectivity index is 1.84. The second kappa shape index (κ2) is 7.90. The van der Waals surface area contributed by atoms with Gasteiger partial charge in [-0.15, -0.1) is 0 Å². The van der Waals surface area contributed by atoms with Crippen molar-refractivity contribution >= 4 is 11.6 Å². The number of halogens is 5. The van der Waals surface area contributed by atoms with Gasteiger partial charge in [0.25, 0.3) is 5.91 Å². The lowest BCUT2D eigenvalue weighted by Gasteiger charge is -2.11. The van der Waals surface area contributed by atoms with Gasteiger partial charge in [-0.2, -0.15) is 18.3 Å². The lowest BCUT2D eigenvalue weighted by Crippen LogP contribution is -2.19. The molecule has 0 aliphatic carbocycles. The summed E-state index contributed by atoms with van der Waals surface area (Å²) < 4.78 is 70.1. The normalized spacial score (nSPS) is 11.4. The highest BCUT2D eigenvalue weighted by molar-refractivity contribution is 6.08. The number of alkyl halides is 3. The Labute approximate surface area is 161 Å². The number of carbonyl (C=O) groups is 1. The van der Waals surface area contributed by atoms with Crippen molar-refractivity contribution in [2.75, 3.05) is 11.9 Å². The molecule has 0 saturated heterocycles. The monoisotopic (exact) mass is 411 g/mol. The lowest BCUT2D eigenvalue weighted by molar-refractivity contribution is -0.153. The Morgan fingerprint density at radius 2 is 1.93 bits per heavy atom. The summed E-state index contributed by atoms with van der Waals surface area (Å²) in [5, 5.41) is 6.55. The SMILES string of the molecule is Cn1cc(C(=O)Nc2cccc(OCC(F)(F)F)c2)c(-c2ccc(F)cc2F)n1. The van der Waals surface area contributed by atoms with Crippen LogP contribution in [-0.2, 0) is 7.05 Å². The molecule has 1 amide bonds. The van der Waals surface area contributed by atoms with Gasteiger partial charge < -0.3 is 10.1 Å². The molecule has 0 bridgehead atoms. The molecule has 1 N–H and O–H groups in total. The van der Waals surface area contributed by atoms with Crippen LogP contribution in [0.1, 0.15) is 10.4 Å². The van der Waals surface area contributed by atoms with E-state index in [0.29, 0.717) is 6.07 Å². The van der Waals surface area contributed by atoms with Gasteiger partial charge in [0.15, 0.2) is 6.61 Å². The molecule has 0 aliphatic heterocycles. The summed E-state index contributed by atoms with van der Waals surface area (Å²) in [4.78, 5) is 12.6. The molecular formula is C19H14F5N3O2. The minimum Gasteiger partial charge on any atom is -0.484 e. The highest BCUT2D eigenvalue weighted by Gasteiger charge is 2.28. The second-order valence-electron chi connectivity index (χ2n) is 6.08. The van der Waals surface area contributed by atoms with Gasteiger partial charge >= 0.3 is 6.18 Å². The van der Waals surface area contributed by atoms with Gasteiger partial charge in [-0.25, -0.2) is 8.78 Å². The first-order chi connectivity index (χ1) is 13.6. The molecular weight excluding hydrogens is 397 g/mol. The summed E-state index contributed by atoms with van der Waals surface area (Å²) in [5.41, 5.74) is 0.0927. The molecule has 0 unspecified atom stereocenters. The molecule has 0 atom stereocenters. The maximum atomic E-state index is 14.1. The largest absolute Gasteiger partial charge is 0.484 e. The van der Waals surface area contributed by atoms with Crippen molar-refractivity contribution in [3.8, 4) is 17.0 Å². The van der Waals surface area contributed by atoms with E-state index in [4.69, 9.17) is 0 Å². The third kappa shape index (κ3) is 5.09. The third-order valence-corrected chi connectivity index (χ3v) is 3.75. The van der Waals surface area contributed by atoms with Crippen molar-refractivity contribution in [2.24, 2.45) is 7.05 Å². The standard InChI is InChI=1S/C19H14F5N3O2/c1-27-9-15(17(26-27)14-6-5-11(20)7-16(14)21)18(28)25-12-3-2-4-13(8-12)29-10-19(22,23)24/h2-9H,10H2,1H3,(H,25,28). The quantitative estimate of drug-likeness (QED) is 0.627. The molecule has 5 nitrogen and oxygen atoms in total. The van der Waals surface area contributed by atoms with E-state index in [1.165, 1.54) is 42.2 Å². The van der Waals surface area contributed by atoms with Crippen LogP contribution in [0.5, 0.6) is 5.75 Å². The van der Waals surface area contributed by atoms with Crippen molar-refractivity contribution in [3.05, 3.63) is 65.9 Å². The van der Waals surface area contributed by atoms with E-state index in [0.717, 1.165) is 12.1 Å². The smallest absolute Gasteiger partial charge is 0.422 e. The lowest BCUT2D eigenvalue weighted by atomic mass is 10.1. The molecule has 0 aliphatic rings. The number of carbonyl (C=O) groups excluding carboxylic acids is 1. The summed E-state index contributed by atoms with van der Waals surface area (Å²) in [7, 11) is 1.52. The highest BCUT2D eigenvalue weighted by atomic mass is 19.4. The minimum absolute atomic E-state index is 0.000351.